The minimum Gasteiger partial charge on any atom is -0.383 e. The first kappa shape index (κ1) is 23.6. The summed E-state index contributed by atoms with van der Waals surface area (Å²) in [5.74, 6) is -3.51. The average Bonchev–Trinajstić information content (AvgIpc) is 2.47. The maximum absolute atomic E-state index is 12.6. The minimum atomic E-state index is -5.45. The molecule has 0 radical (unpaired) electrons. The van der Waals surface area contributed by atoms with Gasteiger partial charge >= 0.3 is 12.1 Å². The van der Waals surface area contributed by atoms with Crippen molar-refractivity contribution in [2.45, 2.75) is 82.4 Å². The fourth-order valence-corrected chi connectivity index (χ4v) is 3.05. The summed E-state index contributed by atoms with van der Waals surface area (Å²) in [4.78, 5) is 10.5. The van der Waals surface area contributed by atoms with Crippen LogP contribution in [0, 0.1) is 0 Å². The number of thioether (sulfide) groups is 1. The van der Waals surface area contributed by atoms with E-state index in [1.165, 1.54) is 18.7 Å². The molecule has 1 atom stereocenters. The van der Waals surface area contributed by atoms with Crippen molar-refractivity contribution in [1.82, 2.24) is 0 Å². The summed E-state index contributed by atoms with van der Waals surface area (Å²) in [6.45, 7) is 1.49. The smallest absolute Gasteiger partial charge is 0.383 e. The Kier molecular flexibility index (Phi) is 11.1. The summed E-state index contributed by atoms with van der Waals surface area (Å²) >= 11 is 1.41. The first-order valence-electron chi connectivity index (χ1n) is 8.23. The highest BCUT2D eigenvalue weighted by atomic mass is 32.2. The molecule has 1 unspecified atom stereocenters. The quantitative estimate of drug-likeness (QED) is 0.251. The molecule has 0 saturated heterocycles. The summed E-state index contributed by atoms with van der Waals surface area (Å²) in [6.07, 6.45) is -0.116. The molecule has 24 heavy (non-hydrogen) atoms. The molecule has 0 aromatic rings. The first-order valence-corrected chi connectivity index (χ1v) is 9.38. The Morgan fingerprint density at radius 3 is 1.88 bits per heavy atom. The molecular formula is C16H27F5O2S. The van der Waals surface area contributed by atoms with Gasteiger partial charge in [-0.05, 0) is 37.7 Å². The molecule has 0 rings (SSSR count). The van der Waals surface area contributed by atoms with E-state index in [0.29, 0.717) is 18.5 Å². The van der Waals surface area contributed by atoms with E-state index in [0.717, 1.165) is 44.3 Å². The van der Waals surface area contributed by atoms with Gasteiger partial charge in [-0.3, -0.25) is 0 Å². The Bertz CT molecular complexity index is 346. The molecule has 0 aromatic heterocycles. The Balaban J connectivity index is 3.39. The standard InChI is InChI=1S/C16H27F5O2S/c1-14(23,13-22)9-6-4-2-3-5-7-11-24-12-8-10-15(17,18)16(19,20)21/h13,23H,2-12H2,1H3. The van der Waals surface area contributed by atoms with Crippen LogP contribution in [0.15, 0.2) is 0 Å². The Morgan fingerprint density at radius 2 is 1.33 bits per heavy atom. The van der Waals surface area contributed by atoms with Crippen molar-refractivity contribution in [1.29, 1.82) is 0 Å². The molecule has 0 aliphatic rings. The highest BCUT2D eigenvalue weighted by molar-refractivity contribution is 7.99. The topological polar surface area (TPSA) is 37.3 Å². The maximum atomic E-state index is 12.6. The van der Waals surface area contributed by atoms with Gasteiger partial charge in [0.2, 0.25) is 0 Å². The summed E-state index contributed by atoms with van der Waals surface area (Å²) in [6, 6.07) is 0. The number of rotatable bonds is 14. The minimum absolute atomic E-state index is 0.145. The third-order valence-electron chi connectivity index (χ3n) is 3.67. The van der Waals surface area contributed by atoms with Gasteiger partial charge in [-0.1, -0.05) is 32.1 Å². The number of unbranched alkanes of at least 4 members (excludes halogenated alkanes) is 5. The van der Waals surface area contributed by atoms with Crippen molar-refractivity contribution in [2.75, 3.05) is 11.5 Å². The lowest BCUT2D eigenvalue weighted by Crippen LogP contribution is -2.36. The van der Waals surface area contributed by atoms with E-state index in [1.54, 1.807) is 0 Å². The van der Waals surface area contributed by atoms with Crippen LogP contribution >= 0.6 is 11.8 Å². The van der Waals surface area contributed by atoms with Crippen LogP contribution in [-0.2, 0) is 4.79 Å². The SMILES string of the molecule is CC(O)(C=O)CCCCCCCCSCCCC(F)(F)C(F)(F)F. The number of carbonyl (C=O) groups is 1. The fourth-order valence-electron chi connectivity index (χ4n) is 2.09. The molecule has 0 spiro atoms. The van der Waals surface area contributed by atoms with E-state index in [9.17, 15) is 31.9 Å². The lowest BCUT2D eigenvalue weighted by molar-refractivity contribution is -0.284. The summed E-state index contributed by atoms with van der Waals surface area (Å²) < 4.78 is 61.1. The zero-order valence-corrected chi connectivity index (χ0v) is 14.8. The van der Waals surface area contributed by atoms with Crippen LogP contribution in [0.4, 0.5) is 22.0 Å². The molecule has 144 valence electrons. The van der Waals surface area contributed by atoms with Gasteiger partial charge in [-0.15, -0.1) is 0 Å². The molecule has 8 heteroatoms. The van der Waals surface area contributed by atoms with E-state index in [-0.39, 0.29) is 6.42 Å². The van der Waals surface area contributed by atoms with Crippen molar-refractivity contribution in [2.24, 2.45) is 0 Å². The van der Waals surface area contributed by atoms with Crippen LogP contribution in [0.2, 0.25) is 0 Å². The molecule has 0 fully saturated rings. The predicted octanol–water partition coefficient (Wildman–Crippen LogP) is 5.38. The number of carbonyl (C=O) groups excluding carboxylic acids is 1. The van der Waals surface area contributed by atoms with Gasteiger partial charge in [0.05, 0.1) is 0 Å². The number of aldehydes is 1. The van der Waals surface area contributed by atoms with E-state index < -0.39 is 24.1 Å². The normalized spacial score (nSPS) is 15.3. The maximum Gasteiger partial charge on any atom is 0.453 e. The zero-order valence-electron chi connectivity index (χ0n) is 14.0. The lowest BCUT2D eigenvalue weighted by atomic mass is 9.99. The van der Waals surface area contributed by atoms with Crippen molar-refractivity contribution >= 4 is 18.0 Å². The lowest BCUT2D eigenvalue weighted by Gasteiger charge is -2.19. The number of hydrogen-bond acceptors (Lipinski definition) is 3. The molecule has 0 heterocycles. The summed E-state index contributed by atoms with van der Waals surface area (Å²) in [5, 5.41) is 9.48. The molecule has 0 aliphatic carbocycles. The van der Waals surface area contributed by atoms with Gasteiger partial charge in [-0.25, -0.2) is 0 Å². The first-order chi connectivity index (χ1) is 11.0. The Hall–Kier alpha value is -0.370. The van der Waals surface area contributed by atoms with Gasteiger partial charge in [0.25, 0.3) is 0 Å². The van der Waals surface area contributed by atoms with Crippen LogP contribution in [-0.4, -0.2) is 40.6 Å². The van der Waals surface area contributed by atoms with Gasteiger partial charge in [0.1, 0.15) is 5.60 Å². The summed E-state index contributed by atoms with van der Waals surface area (Å²) in [7, 11) is 0. The molecule has 0 bridgehead atoms. The Labute approximate surface area is 144 Å². The second-order valence-electron chi connectivity index (χ2n) is 6.26. The van der Waals surface area contributed by atoms with Gasteiger partial charge in [0, 0.05) is 6.42 Å². The molecule has 2 nitrogen and oxygen atoms in total. The molecule has 0 aromatic carbocycles. The van der Waals surface area contributed by atoms with Crippen LogP contribution in [0.25, 0.3) is 0 Å². The van der Waals surface area contributed by atoms with Crippen molar-refractivity contribution in [3.63, 3.8) is 0 Å². The number of hydrogen-bond donors (Lipinski definition) is 1. The van der Waals surface area contributed by atoms with Gasteiger partial charge in [-0.2, -0.15) is 33.7 Å². The molecule has 1 N–H and O–H groups in total. The number of aliphatic hydroxyl groups is 1. The van der Waals surface area contributed by atoms with E-state index in [4.69, 9.17) is 0 Å². The van der Waals surface area contributed by atoms with Crippen LogP contribution in [0.3, 0.4) is 0 Å². The van der Waals surface area contributed by atoms with Gasteiger partial charge < -0.3 is 9.90 Å². The molecular weight excluding hydrogens is 351 g/mol. The van der Waals surface area contributed by atoms with E-state index in [1.807, 2.05) is 0 Å². The third kappa shape index (κ3) is 11.2. The Morgan fingerprint density at radius 1 is 0.833 bits per heavy atom. The monoisotopic (exact) mass is 378 g/mol. The molecule has 0 amide bonds. The predicted molar refractivity (Wildman–Crippen MR) is 86.6 cm³/mol. The van der Waals surface area contributed by atoms with Crippen molar-refractivity contribution in [3.05, 3.63) is 0 Å². The van der Waals surface area contributed by atoms with Crippen LogP contribution in [0.5, 0.6) is 0 Å². The highest BCUT2D eigenvalue weighted by Gasteiger charge is 2.56. The van der Waals surface area contributed by atoms with E-state index in [2.05, 4.69) is 0 Å². The molecule has 0 aliphatic heterocycles. The van der Waals surface area contributed by atoms with E-state index >= 15 is 0 Å². The third-order valence-corrected chi connectivity index (χ3v) is 4.82. The second kappa shape index (κ2) is 11.3. The fraction of sp³-hybridized carbons (Fsp3) is 0.938. The zero-order chi connectivity index (χ0) is 18.7. The number of halogens is 5. The van der Waals surface area contributed by atoms with Crippen LogP contribution in [0.1, 0.15) is 64.7 Å². The van der Waals surface area contributed by atoms with Crippen molar-refractivity contribution in [3.8, 4) is 0 Å². The van der Waals surface area contributed by atoms with Crippen molar-refractivity contribution < 1.29 is 31.9 Å². The van der Waals surface area contributed by atoms with Gasteiger partial charge in [0.15, 0.2) is 6.29 Å². The average molecular weight is 378 g/mol. The van der Waals surface area contributed by atoms with Crippen LogP contribution < -0.4 is 0 Å². The second-order valence-corrected chi connectivity index (χ2v) is 7.49. The highest BCUT2D eigenvalue weighted by Crippen LogP contribution is 2.39. The molecule has 0 saturated carbocycles. The number of alkyl halides is 5. The summed E-state index contributed by atoms with van der Waals surface area (Å²) in [5.41, 5.74) is -1.24. The largest absolute Gasteiger partial charge is 0.453 e.